The third-order valence-corrected chi connectivity index (χ3v) is 4.32. The van der Waals surface area contributed by atoms with Crippen LogP contribution in [0, 0.1) is 0 Å². The maximum atomic E-state index is 11.9. The summed E-state index contributed by atoms with van der Waals surface area (Å²) in [5.74, 6) is -2.63. The number of carbonyl (C=O) groups is 4. The van der Waals surface area contributed by atoms with Gasteiger partial charge in [0.2, 0.25) is 0 Å². The third kappa shape index (κ3) is 11.0. The van der Waals surface area contributed by atoms with Gasteiger partial charge in [-0.25, -0.2) is 19.2 Å². The van der Waals surface area contributed by atoms with Gasteiger partial charge in [0.05, 0.1) is 37.6 Å². The van der Waals surface area contributed by atoms with Crippen LogP contribution in [0.2, 0.25) is 0 Å². The summed E-state index contributed by atoms with van der Waals surface area (Å²) in [5, 5.41) is 25.6. The number of alkyl carbamates (subject to hydrolysis) is 1. The topological polar surface area (TPSA) is 173 Å². The molecule has 188 valence electrons. The second-order valence-corrected chi connectivity index (χ2v) is 7.00. The predicted molar refractivity (Wildman–Crippen MR) is 124 cm³/mol. The van der Waals surface area contributed by atoms with Gasteiger partial charge in [0, 0.05) is 18.8 Å². The fourth-order valence-electron chi connectivity index (χ4n) is 2.68. The number of ether oxygens (including phenoxy) is 3. The molecule has 0 spiro atoms. The van der Waals surface area contributed by atoms with Crippen LogP contribution in [0.5, 0.6) is 0 Å². The van der Waals surface area contributed by atoms with Crippen molar-refractivity contribution in [2.45, 2.75) is 6.61 Å². The Bertz CT molecular complexity index is 967. The highest BCUT2D eigenvalue weighted by molar-refractivity contribution is 5.98. The largest absolute Gasteiger partial charge is 0.478 e. The highest BCUT2D eigenvalue weighted by atomic mass is 16.5. The summed E-state index contributed by atoms with van der Waals surface area (Å²) in [6.07, 6.45) is -0.535. The van der Waals surface area contributed by atoms with Crippen LogP contribution in [-0.4, -0.2) is 73.8 Å². The van der Waals surface area contributed by atoms with Crippen LogP contribution >= 0.6 is 0 Å². The van der Waals surface area contributed by atoms with Gasteiger partial charge in [0.15, 0.2) is 0 Å². The van der Waals surface area contributed by atoms with Crippen molar-refractivity contribution in [2.75, 3.05) is 44.8 Å². The first-order chi connectivity index (χ1) is 16.8. The number of urea groups is 1. The van der Waals surface area contributed by atoms with E-state index in [2.05, 4.69) is 16.0 Å². The van der Waals surface area contributed by atoms with Crippen LogP contribution in [0.25, 0.3) is 0 Å². The Kier molecular flexibility index (Phi) is 11.5. The first kappa shape index (κ1) is 27.1. The molecule has 0 radical (unpaired) electrons. The van der Waals surface area contributed by atoms with E-state index in [0.29, 0.717) is 0 Å². The maximum Gasteiger partial charge on any atom is 0.407 e. The SMILES string of the molecule is O=C(NCCOCCOCCNC(=O)OCc1ccccc1)Nc1cc(C(=O)O)cc(C(=O)O)c1. The van der Waals surface area contributed by atoms with Gasteiger partial charge in [-0.05, 0) is 23.8 Å². The lowest BCUT2D eigenvalue weighted by atomic mass is 10.1. The van der Waals surface area contributed by atoms with Crippen molar-refractivity contribution < 1.29 is 43.6 Å². The van der Waals surface area contributed by atoms with Crippen molar-refractivity contribution in [2.24, 2.45) is 0 Å². The molecule has 0 aromatic heterocycles. The first-order valence-electron chi connectivity index (χ1n) is 10.6. The van der Waals surface area contributed by atoms with Crippen LogP contribution in [0.3, 0.4) is 0 Å². The summed E-state index contributed by atoms with van der Waals surface area (Å²) < 4.78 is 15.7. The summed E-state index contributed by atoms with van der Waals surface area (Å²) in [5.41, 5.74) is 0.403. The molecule has 0 atom stereocenters. The number of amides is 3. The molecule has 0 bridgehead atoms. The molecule has 2 aromatic rings. The lowest BCUT2D eigenvalue weighted by Gasteiger charge is -2.10. The highest BCUT2D eigenvalue weighted by Crippen LogP contribution is 2.15. The van der Waals surface area contributed by atoms with Crippen molar-refractivity contribution in [3.63, 3.8) is 0 Å². The zero-order valence-electron chi connectivity index (χ0n) is 18.8. The smallest absolute Gasteiger partial charge is 0.407 e. The van der Waals surface area contributed by atoms with Crippen LogP contribution in [0.1, 0.15) is 26.3 Å². The van der Waals surface area contributed by atoms with Crippen LogP contribution in [0.4, 0.5) is 15.3 Å². The fourth-order valence-corrected chi connectivity index (χ4v) is 2.68. The van der Waals surface area contributed by atoms with Crippen LogP contribution in [0.15, 0.2) is 48.5 Å². The molecule has 0 aliphatic heterocycles. The number of nitrogens with one attached hydrogen (secondary N) is 3. The normalized spacial score (nSPS) is 10.3. The number of carbonyl (C=O) groups excluding carboxylic acids is 2. The van der Waals surface area contributed by atoms with Crippen molar-refractivity contribution in [1.82, 2.24) is 10.6 Å². The Morgan fingerprint density at radius 3 is 1.89 bits per heavy atom. The summed E-state index contributed by atoms with van der Waals surface area (Å²) in [6.45, 7) is 1.64. The van der Waals surface area contributed by atoms with Crippen molar-refractivity contribution >= 4 is 29.8 Å². The van der Waals surface area contributed by atoms with E-state index < -0.39 is 24.1 Å². The fraction of sp³-hybridized carbons (Fsp3) is 0.304. The number of rotatable bonds is 14. The Hall–Kier alpha value is -4.16. The minimum absolute atomic E-state index is 0.0340. The van der Waals surface area contributed by atoms with Gasteiger partial charge in [-0.3, -0.25) is 0 Å². The summed E-state index contributed by atoms with van der Waals surface area (Å²) in [7, 11) is 0. The maximum absolute atomic E-state index is 11.9. The van der Waals surface area contributed by atoms with Gasteiger partial charge in [0.1, 0.15) is 6.61 Å². The van der Waals surface area contributed by atoms with E-state index in [9.17, 15) is 19.2 Å². The van der Waals surface area contributed by atoms with Gasteiger partial charge in [-0.1, -0.05) is 30.3 Å². The molecule has 12 heteroatoms. The van der Waals surface area contributed by atoms with Gasteiger partial charge in [0.25, 0.3) is 0 Å². The Morgan fingerprint density at radius 1 is 0.743 bits per heavy atom. The molecule has 0 saturated heterocycles. The molecular weight excluding hydrogens is 462 g/mol. The standard InChI is InChI=1S/C23H27N3O9/c27-20(28)17-12-18(21(29)30)14-19(13-17)26-22(31)24-6-8-33-10-11-34-9-7-25-23(32)35-15-16-4-2-1-3-5-16/h1-5,12-14H,6-11,15H2,(H,25,32)(H,27,28)(H,29,30)(H2,24,26,31). The molecule has 12 nitrogen and oxygen atoms in total. The van der Waals surface area contributed by atoms with E-state index in [0.717, 1.165) is 23.8 Å². The van der Waals surface area contributed by atoms with E-state index in [4.69, 9.17) is 24.4 Å². The molecule has 5 N–H and O–H groups in total. The zero-order valence-corrected chi connectivity index (χ0v) is 18.8. The van der Waals surface area contributed by atoms with Gasteiger partial charge in [-0.15, -0.1) is 0 Å². The highest BCUT2D eigenvalue weighted by Gasteiger charge is 2.12. The number of hydrogen-bond acceptors (Lipinski definition) is 7. The average molecular weight is 489 g/mol. The van der Waals surface area contributed by atoms with Crippen molar-refractivity contribution in [3.05, 3.63) is 65.2 Å². The number of aromatic carboxylic acids is 2. The molecule has 0 fully saturated rings. The second kappa shape index (κ2) is 14.9. The van der Waals surface area contributed by atoms with Crippen molar-refractivity contribution in [3.8, 4) is 0 Å². The van der Waals surface area contributed by atoms with Gasteiger partial charge < -0.3 is 40.4 Å². The van der Waals surface area contributed by atoms with Gasteiger partial charge >= 0.3 is 24.1 Å². The third-order valence-electron chi connectivity index (χ3n) is 4.32. The Labute approximate surface area is 201 Å². The number of carboxylic acids is 2. The molecule has 0 aliphatic rings. The summed E-state index contributed by atoms with van der Waals surface area (Å²) >= 11 is 0. The molecule has 0 saturated carbocycles. The molecule has 0 heterocycles. The van der Waals surface area contributed by atoms with E-state index in [1.54, 1.807) is 0 Å². The first-order valence-corrected chi connectivity index (χ1v) is 10.6. The molecule has 3 amide bonds. The number of carboxylic acid groups (broad SMARTS) is 2. The zero-order chi connectivity index (χ0) is 25.5. The van der Waals surface area contributed by atoms with E-state index in [-0.39, 0.29) is 62.9 Å². The molecular formula is C23H27N3O9. The van der Waals surface area contributed by atoms with Gasteiger partial charge in [-0.2, -0.15) is 0 Å². The van der Waals surface area contributed by atoms with Crippen LogP contribution < -0.4 is 16.0 Å². The predicted octanol–water partition coefficient (Wildman–Crippen LogP) is 2.16. The minimum Gasteiger partial charge on any atom is -0.478 e. The molecule has 2 rings (SSSR count). The minimum atomic E-state index is -1.31. The number of anilines is 1. The molecule has 2 aromatic carbocycles. The Balaban J connectivity index is 1.50. The monoisotopic (exact) mass is 489 g/mol. The number of benzene rings is 2. The molecule has 0 aliphatic carbocycles. The lowest BCUT2D eigenvalue weighted by Crippen LogP contribution is -2.32. The van der Waals surface area contributed by atoms with Crippen LogP contribution in [-0.2, 0) is 20.8 Å². The Morgan fingerprint density at radius 2 is 1.31 bits per heavy atom. The lowest BCUT2D eigenvalue weighted by molar-refractivity contribution is 0.0498. The number of hydrogen-bond donors (Lipinski definition) is 5. The second-order valence-electron chi connectivity index (χ2n) is 7.00. The quantitative estimate of drug-likeness (QED) is 0.249. The molecule has 0 unspecified atom stereocenters. The van der Waals surface area contributed by atoms with E-state index in [1.165, 1.54) is 0 Å². The van der Waals surface area contributed by atoms with E-state index >= 15 is 0 Å². The molecule has 35 heavy (non-hydrogen) atoms. The van der Waals surface area contributed by atoms with E-state index in [1.807, 2.05) is 30.3 Å². The summed E-state index contributed by atoms with van der Waals surface area (Å²) in [6, 6.07) is 12.0. The van der Waals surface area contributed by atoms with Crippen molar-refractivity contribution in [1.29, 1.82) is 0 Å². The summed E-state index contributed by atoms with van der Waals surface area (Å²) in [4.78, 5) is 45.7. The average Bonchev–Trinajstić information content (AvgIpc) is 2.84.